The minimum Gasteiger partial charge on any atom is -0.489 e. The molecule has 0 aliphatic rings. The van der Waals surface area contributed by atoms with Crippen LogP contribution in [0.1, 0.15) is 34.3 Å². The first-order valence-electron chi connectivity index (χ1n) is 6.85. The van der Waals surface area contributed by atoms with Crippen molar-refractivity contribution in [2.75, 3.05) is 0 Å². The lowest BCUT2D eigenvalue weighted by atomic mass is 10.0. The molecule has 0 radical (unpaired) electrons. The van der Waals surface area contributed by atoms with Crippen LogP contribution in [0.4, 0.5) is 0 Å². The van der Waals surface area contributed by atoms with E-state index in [1.165, 1.54) is 18.2 Å². The summed E-state index contributed by atoms with van der Waals surface area (Å²) >= 11 is 5.89. The van der Waals surface area contributed by atoms with Crippen molar-refractivity contribution in [3.8, 4) is 5.75 Å². The number of hydrogen-bond acceptors (Lipinski definition) is 3. The van der Waals surface area contributed by atoms with Crippen molar-refractivity contribution in [3.63, 3.8) is 0 Å². The van der Waals surface area contributed by atoms with Crippen molar-refractivity contribution in [1.29, 1.82) is 0 Å². The Labute approximate surface area is 138 Å². The number of rotatable bonds is 6. The number of hydrogen-bond donors (Lipinski definition) is 2. The minimum absolute atomic E-state index is 0.0209. The summed E-state index contributed by atoms with van der Waals surface area (Å²) in [6, 6.07) is 11.2. The zero-order valence-corrected chi connectivity index (χ0v) is 13.1. The second-order valence-electron chi connectivity index (χ2n) is 5.03. The Kier molecular flexibility index (Phi) is 5.24. The van der Waals surface area contributed by atoms with E-state index >= 15 is 0 Å². The third kappa shape index (κ3) is 4.23. The molecule has 0 bridgehead atoms. The van der Waals surface area contributed by atoms with Gasteiger partial charge < -0.3 is 14.9 Å². The van der Waals surface area contributed by atoms with Crippen molar-refractivity contribution >= 4 is 23.5 Å². The van der Waals surface area contributed by atoms with Crippen LogP contribution in [0.15, 0.2) is 42.5 Å². The molecule has 6 heteroatoms. The molecule has 0 aliphatic carbocycles. The maximum absolute atomic E-state index is 11.2. The predicted octanol–water partition coefficient (Wildman–Crippen LogP) is 3.81. The highest BCUT2D eigenvalue weighted by Gasteiger charge is 2.15. The van der Waals surface area contributed by atoms with Crippen LogP contribution in [0, 0.1) is 0 Å². The monoisotopic (exact) mass is 334 g/mol. The van der Waals surface area contributed by atoms with E-state index in [1.807, 2.05) is 0 Å². The predicted molar refractivity (Wildman–Crippen MR) is 85.2 cm³/mol. The second kappa shape index (κ2) is 7.15. The Morgan fingerprint density at radius 2 is 1.91 bits per heavy atom. The Morgan fingerprint density at radius 3 is 2.57 bits per heavy atom. The van der Waals surface area contributed by atoms with Gasteiger partial charge in [0, 0.05) is 10.6 Å². The molecule has 0 aliphatic heterocycles. The molecule has 0 fully saturated rings. The van der Waals surface area contributed by atoms with Gasteiger partial charge in [-0.25, -0.2) is 4.79 Å². The number of ether oxygens (including phenoxy) is 1. The Balaban J connectivity index is 2.19. The van der Waals surface area contributed by atoms with E-state index in [0.29, 0.717) is 21.9 Å². The lowest BCUT2D eigenvalue weighted by Gasteiger charge is -2.12. The summed E-state index contributed by atoms with van der Waals surface area (Å²) in [5, 5.41) is 18.6. The molecule has 2 N–H and O–H groups in total. The van der Waals surface area contributed by atoms with Gasteiger partial charge in [0.1, 0.15) is 12.4 Å². The van der Waals surface area contributed by atoms with Gasteiger partial charge >= 0.3 is 11.9 Å². The number of benzene rings is 2. The lowest BCUT2D eigenvalue weighted by Crippen LogP contribution is -2.08. The third-order valence-corrected chi connectivity index (χ3v) is 3.66. The van der Waals surface area contributed by atoms with Crippen molar-refractivity contribution in [2.24, 2.45) is 0 Å². The first kappa shape index (κ1) is 16.8. The van der Waals surface area contributed by atoms with Crippen molar-refractivity contribution in [1.82, 2.24) is 0 Å². The average molecular weight is 335 g/mol. The van der Waals surface area contributed by atoms with E-state index in [9.17, 15) is 9.59 Å². The highest BCUT2D eigenvalue weighted by atomic mass is 35.5. The fraction of sp³-hybridized carbons (Fsp3) is 0.176. The van der Waals surface area contributed by atoms with Crippen LogP contribution in [0.5, 0.6) is 5.75 Å². The molecular formula is C17H15ClO5. The van der Waals surface area contributed by atoms with Crippen LogP contribution in [0.3, 0.4) is 0 Å². The molecule has 2 aromatic rings. The molecule has 0 saturated carbocycles. The summed E-state index contributed by atoms with van der Waals surface area (Å²) in [6.45, 7) is 1.61. The molecule has 0 heterocycles. The van der Waals surface area contributed by atoms with Gasteiger partial charge in [-0.1, -0.05) is 23.7 Å². The number of halogens is 1. The van der Waals surface area contributed by atoms with E-state index in [-0.39, 0.29) is 12.2 Å². The summed E-state index contributed by atoms with van der Waals surface area (Å²) in [7, 11) is 0. The van der Waals surface area contributed by atoms with Crippen molar-refractivity contribution in [2.45, 2.75) is 19.4 Å². The van der Waals surface area contributed by atoms with E-state index < -0.39 is 17.9 Å². The van der Waals surface area contributed by atoms with Crippen molar-refractivity contribution < 1.29 is 24.5 Å². The minimum atomic E-state index is -1.06. The molecule has 0 unspecified atom stereocenters. The SMILES string of the molecule is C[C@@H](C(=O)O)c1cccc(OCc2cc(Cl)ccc2C(=O)O)c1. The molecule has 120 valence electrons. The fourth-order valence-electron chi connectivity index (χ4n) is 2.07. The molecule has 0 amide bonds. The Morgan fingerprint density at radius 1 is 1.17 bits per heavy atom. The van der Waals surface area contributed by atoms with E-state index in [2.05, 4.69) is 0 Å². The summed E-state index contributed by atoms with van der Waals surface area (Å²) in [4.78, 5) is 22.2. The fourth-order valence-corrected chi connectivity index (χ4v) is 2.26. The molecule has 0 aromatic heterocycles. The number of carboxylic acids is 2. The Bertz CT molecular complexity index is 742. The molecule has 0 spiro atoms. The van der Waals surface area contributed by atoms with Gasteiger partial charge in [-0.15, -0.1) is 0 Å². The van der Waals surface area contributed by atoms with Crippen LogP contribution in [-0.2, 0) is 11.4 Å². The number of aromatic carboxylic acids is 1. The number of carboxylic acid groups (broad SMARTS) is 2. The van der Waals surface area contributed by atoms with Gasteiger partial charge in [-0.3, -0.25) is 4.79 Å². The van der Waals surface area contributed by atoms with Gasteiger partial charge in [-0.2, -0.15) is 0 Å². The van der Waals surface area contributed by atoms with Crippen LogP contribution >= 0.6 is 11.6 Å². The van der Waals surface area contributed by atoms with Gasteiger partial charge in [-0.05, 0) is 42.8 Å². The summed E-state index contributed by atoms with van der Waals surface area (Å²) in [5.74, 6) is -2.18. The molecule has 2 rings (SSSR count). The van der Waals surface area contributed by atoms with E-state index in [0.717, 1.165) is 0 Å². The quantitative estimate of drug-likeness (QED) is 0.839. The summed E-state index contributed by atoms with van der Waals surface area (Å²) in [5.41, 5.74) is 1.17. The van der Waals surface area contributed by atoms with E-state index in [4.69, 9.17) is 26.6 Å². The Hall–Kier alpha value is -2.53. The molecule has 0 saturated heterocycles. The topological polar surface area (TPSA) is 83.8 Å². The smallest absolute Gasteiger partial charge is 0.336 e. The first-order chi connectivity index (χ1) is 10.9. The van der Waals surface area contributed by atoms with Gasteiger partial charge in [0.05, 0.1) is 11.5 Å². The lowest BCUT2D eigenvalue weighted by molar-refractivity contribution is -0.138. The maximum atomic E-state index is 11.2. The first-order valence-corrected chi connectivity index (χ1v) is 7.23. The highest BCUT2D eigenvalue weighted by Crippen LogP contribution is 2.23. The molecule has 1 atom stereocenters. The standard InChI is InChI=1S/C17H15ClO5/c1-10(16(19)20)11-3-2-4-14(8-11)23-9-12-7-13(18)5-6-15(12)17(21)22/h2-8,10H,9H2,1H3,(H,19,20)(H,21,22)/t10-/m1/s1. The zero-order valence-electron chi connectivity index (χ0n) is 12.3. The maximum Gasteiger partial charge on any atom is 0.336 e. The zero-order chi connectivity index (χ0) is 17.0. The molecule has 2 aromatic carbocycles. The van der Waals surface area contributed by atoms with Gasteiger partial charge in [0.2, 0.25) is 0 Å². The second-order valence-corrected chi connectivity index (χ2v) is 5.46. The third-order valence-electron chi connectivity index (χ3n) is 3.42. The summed E-state index contributed by atoms with van der Waals surface area (Å²) < 4.78 is 5.59. The van der Waals surface area contributed by atoms with Crippen LogP contribution in [0.2, 0.25) is 5.02 Å². The van der Waals surface area contributed by atoms with Crippen LogP contribution in [0.25, 0.3) is 0 Å². The highest BCUT2D eigenvalue weighted by molar-refractivity contribution is 6.30. The van der Waals surface area contributed by atoms with Crippen molar-refractivity contribution in [3.05, 3.63) is 64.2 Å². The van der Waals surface area contributed by atoms with Gasteiger partial charge in [0.15, 0.2) is 0 Å². The largest absolute Gasteiger partial charge is 0.489 e. The molecular weight excluding hydrogens is 320 g/mol. The molecule has 5 nitrogen and oxygen atoms in total. The number of aliphatic carboxylic acids is 1. The normalized spacial score (nSPS) is 11.7. The average Bonchev–Trinajstić information content (AvgIpc) is 2.52. The van der Waals surface area contributed by atoms with Crippen LogP contribution < -0.4 is 4.74 Å². The van der Waals surface area contributed by atoms with Crippen LogP contribution in [-0.4, -0.2) is 22.2 Å². The molecule has 23 heavy (non-hydrogen) atoms. The summed E-state index contributed by atoms with van der Waals surface area (Å²) in [6.07, 6.45) is 0. The van der Waals surface area contributed by atoms with E-state index in [1.54, 1.807) is 31.2 Å². The van der Waals surface area contributed by atoms with Gasteiger partial charge in [0.25, 0.3) is 0 Å². The number of carbonyl (C=O) groups is 2.